The zero-order valence-electron chi connectivity index (χ0n) is 22.7. The summed E-state index contributed by atoms with van der Waals surface area (Å²) in [5.41, 5.74) is 1.18. The summed E-state index contributed by atoms with van der Waals surface area (Å²) in [5.74, 6) is -0.368. The van der Waals surface area contributed by atoms with E-state index in [9.17, 15) is 19.8 Å². The number of carbonyl (C=O) groups is 2. The van der Waals surface area contributed by atoms with Crippen LogP contribution in [0, 0.1) is 11.8 Å². The smallest absolute Gasteiger partial charge is 0.264 e. The number of hydrogen-bond acceptors (Lipinski definition) is 6. The standard InChI is InChI=1S/C30H38N2O6/c1-7-15-32-24-13-10-21(31-27(35)19(3)34)17-23(24)30(28(32)36)18(2)26(25(38-30)14-16-33)29(4,5)20-8-11-22(37-6)12-9-20/h7-13,17-19,25-26,33-34H,1,14-16H2,2-6H3,(H,31,35)/t18-,19-,25+,26-,30+/m0/s1. The molecule has 1 fully saturated rings. The molecule has 2 aliphatic heterocycles. The quantitative estimate of drug-likeness (QED) is 0.433. The molecule has 1 saturated heterocycles. The highest BCUT2D eigenvalue weighted by Crippen LogP contribution is 2.60. The van der Waals surface area contributed by atoms with Crippen LogP contribution >= 0.6 is 0 Å². The molecule has 3 N–H and O–H groups in total. The van der Waals surface area contributed by atoms with Crippen LogP contribution in [0.2, 0.25) is 0 Å². The maximum Gasteiger partial charge on any atom is 0.264 e. The van der Waals surface area contributed by atoms with Crippen molar-refractivity contribution in [1.29, 1.82) is 0 Å². The molecule has 0 aromatic heterocycles. The maximum atomic E-state index is 14.2. The minimum absolute atomic E-state index is 0.0788. The van der Waals surface area contributed by atoms with Crippen LogP contribution in [-0.4, -0.2) is 54.5 Å². The number of nitrogens with one attached hydrogen (secondary N) is 1. The van der Waals surface area contributed by atoms with Crippen molar-refractivity contribution in [2.75, 3.05) is 30.5 Å². The molecule has 5 atom stereocenters. The second kappa shape index (κ2) is 10.5. The van der Waals surface area contributed by atoms with Gasteiger partial charge in [-0.3, -0.25) is 9.59 Å². The Morgan fingerprint density at radius 1 is 1.29 bits per heavy atom. The average Bonchev–Trinajstić information content (AvgIpc) is 3.31. The second-order valence-electron chi connectivity index (χ2n) is 10.8. The number of aliphatic hydroxyl groups excluding tert-OH is 2. The third kappa shape index (κ3) is 4.40. The summed E-state index contributed by atoms with van der Waals surface area (Å²) < 4.78 is 12.1. The third-order valence-electron chi connectivity index (χ3n) is 8.21. The van der Waals surface area contributed by atoms with Gasteiger partial charge < -0.3 is 29.9 Å². The molecule has 0 radical (unpaired) electrons. The first-order valence-electron chi connectivity index (χ1n) is 13.0. The Balaban J connectivity index is 1.84. The van der Waals surface area contributed by atoms with Gasteiger partial charge in [-0.25, -0.2) is 0 Å². The van der Waals surface area contributed by atoms with Crippen molar-refractivity contribution < 1.29 is 29.3 Å². The van der Waals surface area contributed by atoms with E-state index in [1.54, 1.807) is 36.3 Å². The number of ether oxygens (including phenoxy) is 2. The number of amides is 2. The third-order valence-corrected chi connectivity index (χ3v) is 8.21. The van der Waals surface area contributed by atoms with Crippen LogP contribution in [0.4, 0.5) is 11.4 Å². The van der Waals surface area contributed by atoms with Gasteiger partial charge in [0, 0.05) is 36.2 Å². The average molecular weight is 523 g/mol. The normalized spacial score (nSPS) is 25.4. The molecule has 0 saturated carbocycles. The van der Waals surface area contributed by atoms with Crippen LogP contribution in [-0.2, 0) is 25.3 Å². The first kappa shape index (κ1) is 27.8. The van der Waals surface area contributed by atoms with Gasteiger partial charge in [0.2, 0.25) is 0 Å². The first-order valence-corrected chi connectivity index (χ1v) is 13.0. The highest BCUT2D eigenvalue weighted by atomic mass is 16.5. The van der Waals surface area contributed by atoms with Crippen molar-refractivity contribution in [3.63, 3.8) is 0 Å². The van der Waals surface area contributed by atoms with Crippen molar-refractivity contribution in [3.05, 3.63) is 66.2 Å². The Hall–Kier alpha value is -3.20. The van der Waals surface area contributed by atoms with E-state index in [-0.39, 0.29) is 24.3 Å². The molecule has 38 heavy (non-hydrogen) atoms. The number of rotatable bonds is 9. The van der Waals surface area contributed by atoms with Gasteiger partial charge in [-0.1, -0.05) is 39.0 Å². The van der Waals surface area contributed by atoms with Crippen LogP contribution < -0.4 is 15.0 Å². The fourth-order valence-electron chi connectivity index (χ4n) is 6.35. The Kier molecular flexibility index (Phi) is 7.70. The number of carbonyl (C=O) groups excluding carboxylic acids is 2. The van der Waals surface area contributed by atoms with Gasteiger partial charge in [0.25, 0.3) is 11.8 Å². The molecule has 1 spiro atoms. The molecule has 2 aromatic carbocycles. The second-order valence-corrected chi connectivity index (χ2v) is 10.8. The molecule has 8 nitrogen and oxygen atoms in total. The summed E-state index contributed by atoms with van der Waals surface area (Å²) >= 11 is 0. The number of fused-ring (bicyclic) bond motifs is 2. The maximum absolute atomic E-state index is 14.2. The number of nitrogens with zero attached hydrogens (tertiary/aromatic N) is 1. The van der Waals surface area contributed by atoms with Crippen molar-refractivity contribution in [1.82, 2.24) is 0 Å². The van der Waals surface area contributed by atoms with E-state index in [4.69, 9.17) is 9.47 Å². The molecule has 4 rings (SSSR count). The van der Waals surface area contributed by atoms with Crippen LogP contribution in [0.25, 0.3) is 0 Å². The molecule has 2 aromatic rings. The van der Waals surface area contributed by atoms with Crippen LogP contribution in [0.3, 0.4) is 0 Å². The topological polar surface area (TPSA) is 108 Å². The lowest BCUT2D eigenvalue weighted by Gasteiger charge is -2.38. The van der Waals surface area contributed by atoms with Crippen LogP contribution in [0.5, 0.6) is 5.75 Å². The predicted octanol–water partition coefficient (Wildman–Crippen LogP) is 3.75. The zero-order chi connectivity index (χ0) is 27.8. The number of aliphatic hydroxyl groups is 2. The van der Waals surface area contributed by atoms with E-state index >= 15 is 0 Å². The molecule has 2 aliphatic rings. The molecular weight excluding hydrogens is 484 g/mol. The van der Waals surface area contributed by atoms with Gasteiger partial charge >= 0.3 is 0 Å². The molecular formula is C30H38N2O6. The van der Waals surface area contributed by atoms with Crippen molar-refractivity contribution in [2.45, 2.75) is 57.3 Å². The predicted molar refractivity (Wildman–Crippen MR) is 146 cm³/mol. The number of hydrogen-bond donors (Lipinski definition) is 3. The molecule has 2 heterocycles. The van der Waals surface area contributed by atoms with E-state index in [0.717, 1.165) is 11.3 Å². The fraction of sp³-hybridized carbons (Fsp3) is 0.467. The SMILES string of the molecule is C=CCN1C(=O)[C@]2(O[C@H](CCO)[C@@H](C(C)(C)c3ccc(OC)cc3)[C@@H]2C)c2cc(NC(=O)[C@H](C)O)ccc21. The van der Waals surface area contributed by atoms with Gasteiger partial charge in [-0.2, -0.15) is 0 Å². The summed E-state index contributed by atoms with van der Waals surface area (Å²) in [7, 11) is 1.63. The van der Waals surface area contributed by atoms with Crippen LogP contribution in [0.15, 0.2) is 55.1 Å². The van der Waals surface area contributed by atoms with Crippen molar-refractivity contribution in [2.24, 2.45) is 11.8 Å². The molecule has 0 bridgehead atoms. The lowest BCUT2D eigenvalue weighted by Crippen LogP contribution is -2.46. The minimum atomic E-state index is -1.31. The lowest BCUT2D eigenvalue weighted by molar-refractivity contribution is -0.146. The summed E-state index contributed by atoms with van der Waals surface area (Å²) in [6.07, 6.45) is 0.469. The zero-order valence-corrected chi connectivity index (χ0v) is 22.7. The first-order chi connectivity index (χ1) is 18.0. The Morgan fingerprint density at radius 3 is 2.55 bits per heavy atom. The van der Waals surface area contributed by atoms with E-state index in [1.807, 2.05) is 31.2 Å². The largest absolute Gasteiger partial charge is 0.497 e. The summed E-state index contributed by atoms with van der Waals surface area (Å²) in [4.78, 5) is 28.1. The van der Waals surface area contributed by atoms with Gasteiger partial charge in [-0.05, 0) is 54.7 Å². The van der Waals surface area contributed by atoms with Crippen LogP contribution in [0.1, 0.15) is 45.2 Å². The fourth-order valence-corrected chi connectivity index (χ4v) is 6.35. The highest BCUT2D eigenvalue weighted by molar-refractivity contribution is 6.08. The van der Waals surface area contributed by atoms with E-state index < -0.39 is 29.1 Å². The minimum Gasteiger partial charge on any atom is -0.497 e. The number of benzene rings is 2. The van der Waals surface area contributed by atoms with Crippen molar-refractivity contribution >= 4 is 23.2 Å². The van der Waals surface area contributed by atoms with Gasteiger partial charge in [0.05, 0.1) is 18.9 Å². The Morgan fingerprint density at radius 2 is 1.97 bits per heavy atom. The van der Waals surface area contributed by atoms with Gasteiger partial charge in [0.1, 0.15) is 11.9 Å². The van der Waals surface area contributed by atoms with E-state index in [1.165, 1.54) is 6.92 Å². The Labute approximate surface area is 224 Å². The summed E-state index contributed by atoms with van der Waals surface area (Å²) in [5, 5.41) is 22.4. The monoisotopic (exact) mass is 522 g/mol. The van der Waals surface area contributed by atoms with Gasteiger partial charge in [-0.15, -0.1) is 6.58 Å². The molecule has 8 heteroatoms. The number of anilines is 2. The summed E-state index contributed by atoms with van der Waals surface area (Å²) in [6.45, 7) is 11.8. The van der Waals surface area contributed by atoms with Crippen molar-refractivity contribution in [3.8, 4) is 5.75 Å². The van der Waals surface area contributed by atoms with Gasteiger partial charge in [0.15, 0.2) is 5.60 Å². The van der Waals surface area contributed by atoms with E-state index in [2.05, 4.69) is 25.7 Å². The molecule has 2 amide bonds. The lowest BCUT2D eigenvalue weighted by atomic mass is 9.63. The molecule has 0 aliphatic carbocycles. The number of methoxy groups -OCH3 is 1. The molecule has 204 valence electrons. The summed E-state index contributed by atoms with van der Waals surface area (Å²) in [6, 6.07) is 13.2. The highest BCUT2D eigenvalue weighted by Gasteiger charge is 2.65. The Bertz CT molecular complexity index is 1210. The molecule has 0 unspecified atom stereocenters. The van der Waals surface area contributed by atoms with E-state index in [0.29, 0.717) is 29.9 Å².